The molecular weight excluding hydrogens is 376 g/mol. The number of rotatable bonds is 12. The number of carbonyl (C=O) groups excluding carboxylic acids is 1. The maximum atomic E-state index is 12.7. The maximum Gasteiger partial charge on any atom is 0.346 e. The van der Waals surface area contributed by atoms with E-state index in [1.54, 1.807) is 0 Å². The number of unbranched alkanes of at least 4 members (excludes halogenated alkanes) is 2. The lowest BCUT2D eigenvalue weighted by molar-refractivity contribution is -0.158. The Balaban J connectivity index is 3.25. The Morgan fingerprint density at radius 1 is 1.03 bits per heavy atom. The van der Waals surface area contributed by atoms with Gasteiger partial charge in [0, 0.05) is 0 Å². The fourth-order valence-corrected chi connectivity index (χ4v) is 3.12. The summed E-state index contributed by atoms with van der Waals surface area (Å²) in [5.41, 5.74) is -0.859. The fourth-order valence-electron chi connectivity index (χ4n) is 3.12. The van der Waals surface area contributed by atoms with Crippen LogP contribution in [0, 0.1) is 0 Å². The summed E-state index contributed by atoms with van der Waals surface area (Å²) in [6.45, 7) is 5.96. The minimum absolute atomic E-state index is 0.102. The molecule has 0 amide bonds. The predicted molar refractivity (Wildman–Crippen MR) is 110 cm³/mol. The van der Waals surface area contributed by atoms with Crippen LogP contribution in [0.4, 0.5) is 0 Å². The molecule has 0 heterocycles. The molecule has 0 bridgehead atoms. The van der Waals surface area contributed by atoms with Crippen LogP contribution >= 0.6 is 0 Å². The van der Waals surface area contributed by atoms with Crippen molar-refractivity contribution in [1.82, 2.24) is 0 Å². The van der Waals surface area contributed by atoms with Gasteiger partial charge in [0.25, 0.3) is 0 Å². The second kappa shape index (κ2) is 11.3. The monoisotopic (exact) mass is 408 g/mol. The number of aliphatic carboxylic acids is 1. The van der Waals surface area contributed by atoms with E-state index in [2.05, 4.69) is 6.92 Å². The van der Waals surface area contributed by atoms with E-state index in [1.165, 1.54) is 32.4 Å². The zero-order valence-corrected chi connectivity index (χ0v) is 17.9. The maximum absolute atomic E-state index is 12.7. The van der Waals surface area contributed by atoms with Crippen molar-refractivity contribution >= 4 is 18.0 Å². The summed E-state index contributed by atoms with van der Waals surface area (Å²) in [5, 5.41) is 19.6. The van der Waals surface area contributed by atoms with E-state index >= 15 is 0 Å². The Hall–Kier alpha value is -2.70. The summed E-state index contributed by atoms with van der Waals surface area (Å²) >= 11 is 0. The topological polar surface area (TPSA) is 102 Å². The van der Waals surface area contributed by atoms with Crippen molar-refractivity contribution in [3.05, 3.63) is 23.3 Å². The molecule has 0 radical (unpaired) electrons. The number of benzene rings is 1. The summed E-state index contributed by atoms with van der Waals surface area (Å²) in [4.78, 5) is 24.5. The molecule has 7 nitrogen and oxygen atoms in total. The zero-order valence-electron chi connectivity index (χ0n) is 17.9. The predicted octanol–water partition coefficient (Wildman–Crippen LogP) is 4.56. The molecule has 2 N–H and O–H groups in total. The molecule has 0 saturated carbocycles. The van der Waals surface area contributed by atoms with Gasteiger partial charge >= 0.3 is 11.9 Å². The van der Waals surface area contributed by atoms with Crippen LogP contribution in [-0.2, 0) is 14.3 Å². The number of hydrogen-bond donors (Lipinski definition) is 2. The number of ether oxygens (including phenoxy) is 3. The minimum atomic E-state index is -1.39. The number of esters is 1. The Bertz CT molecular complexity index is 708. The lowest BCUT2D eigenvalue weighted by Gasteiger charge is -2.31. The van der Waals surface area contributed by atoms with Crippen molar-refractivity contribution in [3.8, 4) is 17.2 Å². The number of methoxy groups -OCH3 is 2. The van der Waals surface area contributed by atoms with Gasteiger partial charge in [-0.05, 0) is 49.5 Å². The molecule has 0 unspecified atom stereocenters. The number of carboxylic acids is 1. The zero-order chi connectivity index (χ0) is 22.0. The smallest absolute Gasteiger partial charge is 0.346 e. The van der Waals surface area contributed by atoms with Gasteiger partial charge in [0.1, 0.15) is 11.2 Å². The molecule has 0 saturated heterocycles. The molecule has 162 valence electrons. The van der Waals surface area contributed by atoms with Crippen LogP contribution in [0.15, 0.2) is 17.7 Å². The number of aromatic hydroxyl groups is 1. The highest BCUT2D eigenvalue weighted by molar-refractivity contribution is 6.17. The number of hydrogen-bond acceptors (Lipinski definition) is 6. The molecule has 0 fully saturated rings. The molecule has 0 aromatic heterocycles. The van der Waals surface area contributed by atoms with Crippen LogP contribution in [-0.4, -0.2) is 42.0 Å². The molecule has 0 aliphatic rings. The van der Waals surface area contributed by atoms with Crippen molar-refractivity contribution in [2.45, 2.75) is 64.9 Å². The van der Waals surface area contributed by atoms with Crippen molar-refractivity contribution in [2.75, 3.05) is 14.2 Å². The summed E-state index contributed by atoms with van der Waals surface area (Å²) in [7, 11) is 2.73. The van der Waals surface area contributed by atoms with E-state index in [9.17, 15) is 19.8 Å². The minimum Gasteiger partial charge on any atom is -0.502 e. The van der Waals surface area contributed by atoms with Gasteiger partial charge in [-0.25, -0.2) is 9.59 Å². The standard InChI is InChI=1S/C22H32O7/c1-6-9-10-11-22(7-2,8-3)29-21(26)16(20(24)25)12-15-13-17(27-4)19(23)18(14-15)28-5/h12-14,23H,6-11H2,1-5H3,(H,24,25). The summed E-state index contributed by atoms with van der Waals surface area (Å²) < 4.78 is 15.9. The molecule has 29 heavy (non-hydrogen) atoms. The third kappa shape index (κ3) is 6.41. The highest BCUT2D eigenvalue weighted by atomic mass is 16.6. The van der Waals surface area contributed by atoms with Gasteiger partial charge in [0.15, 0.2) is 11.5 Å². The van der Waals surface area contributed by atoms with E-state index < -0.39 is 23.1 Å². The molecule has 1 rings (SSSR count). The SMILES string of the molecule is CCCCCC(CC)(CC)OC(=O)C(=Cc1cc(OC)c(O)c(OC)c1)C(=O)O. The van der Waals surface area contributed by atoms with Crippen LogP contribution in [0.5, 0.6) is 17.2 Å². The van der Waals surface area contributed by atoms with Gasteiger partial charge in [-0.15, -0.1) is 0 Å². The van der Waals surface area contributed by atoms with E-state index in [0.29, 0.717) is 24.8 Å². The number of carbonyl (C=O) groups is 2. The fraction of sp³-hybridized carbons (Fsp3) is 0.545. The van der Waals surface area contributed by atoms with E-state index in [0.717, 1.165) is 19.3 Å². The largest absolute Gasteiger partial charge is 0.502 e. The molecule has 1 aromatic rings. The molecular formula is C22H32O7. The number of phenolic OH excluding ortho intramolecular Hbond substituents is 1. The Kier molecular flexibility index (Phi) is 9.51. The van der Waals surface area contributed by atoms with Crippen molar-refractivity contribution < 1.29 is 34.0 Å². The second-order valence-electron chi connectivity index (χ2n) is 6.87. The van der Waals surface area contributed by atoms with Crippen molar-refractivity contribution in [3.63, 3.8) is 0 Å². The second-order valence-corrected chi connectivity index (χ2v) is 6.87. The van der Waals surface area contributed by atoms with Gasteiger partial charge in [-0.1, -0.05) is 33.6 Å². The Morgan fingerprint density at radius 2 is 1.59 bits per heavy atom. The van der Waals surface area contributed by atoms with Gasteiger partial charge in [0.05, 0.1) is 14.2 Å². The third-order valence-corrected chi connectivity index (χ3v) is 5.10. The first-order chi connectivity index (χ1) is 13.8. The quantitative estimate of drug-likeness (QED) is 0.172. The van der Waals surface area contributed by atoms with Crippen LogP contribution in [0.2, 0.25) is 0 Å². The van der Waals surface area contributed by atoms with Crippen molar-refractivity contribution in [1.29, 1.82) is 0 Å². The first kappa shape index (κ1) is 24.3. The van der Waals surface area contributed by atoms with Crippen LogP contribution in [0.3, 0.4) is 0 Å². The van der Waals surface area contributed by atoms with E-state index in [4.69, 9.17) is 14.2 Å². The lowest BCUT2D eigenvalue weighted by atomic mass is 9.90. The summed E-state index contributed by atoms with van der Waals surface area (Å²) in [5.74, 6) is -2.28. The van der Waals surface area contributed by atoms with Gasteiger partial charge in [-0.3, -0.25) is 0 Å². The van der Waals surface area contributed by atoms with Crippen LogP contribution in [0.1, 0.15) is 64.9 Å². The highest BCUT2D eigenvalue weighted by Crippen LogP contribution is 2.38. The van der Waals surface area contributed by atoms with Crippen LogP contribution in [0.25, 0.3) is 6.08 Å². The number of phenols is 1. The molecule has 1 aromatic carbocycles. The Morgan fingerprint density at radius 3 is 2.00 bits per heavy atom. The van der Waals surface area contributed by atoms with Gasteiger partial charge in [-0.2, -0.15) is 0 Å². The summed E-state index contributed by atoms with van der Waals surface area (Å²) in [6, 6.07) is 2.84. The summed E-state index contributed by atoms with van der Waals surface area (Å²) in [6.07, 6.45) is 6.06. The normalized spacial score (nSPS) is 11.8. The van der Waals surface area contributed by atoms with Gasteiger partial charge in [0.2, 0.25) is 5.75 Å². The van der Waals surface area contributed by atoms with Crippen LogP contribution < -0.4 is 9.47 Å². The van der Waals surface area contributed by atoms with Gasteiger partial charge < -0.3 is 24.4 Å². The van der Waals surface area contributed by atoms with Crippen molar-refractivity contribution in [2.24, 2.45) is 0 Å². The molecule has 0 spiro atoms. The number of carboxylic acid groups (broad SMARTS) is 1. The first-order valence-electron chi connectivity index (χ1n) is 9.90. The Labute approximate surface area is 172 Å². The molecule has 0 atom stereocenters. The van der Waals surface area contributed by atoms with E-state index in [1.807, 2.05) is 13.8 Å². The molecule has 0 aliphatic carbocycles. The average Bonchev–Trinajstić information content (AvgIpc) is 2.71. The lowest BCUT2D eigenvalue weighted by Crippen LogP contribution is -2.35. The first-order valence-corrected chi connectivity index (χ1v) is 9.90. The molecule has 0 aliphatic heterocycles. The van der Waals surface area contributed by atoms with E-state index in [-0.39, 0.29) is 17.2 Å². The highest BCUT2D eigenvalue weighted by Gasteiger charge is 2.33. The average molecular weight is 408 g/mol. The third-order valence-electron chi connectivity index (χ3n) is 5.10. The molecule has 7 heteroatoms.